The molecule has 0 unspecified atom stereocenters. The van der Waals surface area contributed by atoms with Gasteiger partial charge in [-0.3, -0.25) is 4.99 Å². The average molecular weight is 428 g/mol. The van der Waals surface area contributed by atoms with Gasteiger partial charge in [0.2, 0.25) is 0 Å². The molecule has 1 saturated heterocycles. The van der Waals surface area contributed by atoms with Gasteiger partial charge >= 0.3 is 15.5 Å². The molecule has 1 aromatic heterocycles. The lowest BCUT2D eigenvalue weighted by Gasteiger charge is -2.32. The molecule has 1 aliphatic heterocycles. The lowest BCUT2D eigenvalue weighted by Crippen LogP contribution is -2.47. The largest absolute Gasteiger partial charge is 0.511 e. The summed E-state index contributed by atoms with van der Waals surface area (Å²) in [5.74, 6) is 0.738. The number of aryl methyl sites for hydroxylation is 1. The number of guanidine groups is 1. The van der Waals surface area contributed by atoms with Crippen molar-refractivity contribution in [3.63, 3.8) is 0 Å². The third kappa shape index (κ3) is 5.55. The minimum absolute atomic E-state index is 0.0800. The topological polar surface area (TPSA) is 77.9 Å². The van der Waals surface area contributed by atoms with Crippen molar-refractivity contribution in [2.75, 3.05) is 33.7 Å². The first-order valence-electron chi connectivity index (χ1n) is 8.43. The van der Waals surface area contributed by atoms with Crippen molar-refractivity contribution < 1.29 is 21.6 Å². The van der Waals surface area contributed by atoms with Crippen LogP contribution in [0.15, 0.2) is 10.4 Å². The van der Waals surface area contributed by atoms with Crippen LogP contribution in [-0.2, 0) is 16.6 Å². The third-order valence-corrected chi connectivity index (χ3v) is 6.85. The van der Waals surface area contributed by atoms with E-state index in [1.165, 1.54) is 0 Å². The van der Waals surface area contributed by atoms with Crippen molar-refractivity contribution in [2.24, 2.45) is 10.9 Å². The summed E-state index contributed by atoms with van der Waals surface area (Å²) in [6.45, 7) is 2.80. The fraction of sp³-hybridized carbons (Fsp3) is 0.733. The monoisotopic (exact) mass is 427 g/mol. The van der Waals surface area contributed by atoms with Crippen LogP contribution in [0.4, 0.5) is 13.2 Å². The molecule has 154 valence electrons. The molecule has 12 heteroatoms. The van der Waals surface area contributed by atoms with Gasteiger partial charge in [-0.1, -0.05) is 0 Å². The maximum absolute atomic E-state index is 12.6. The summed E-state index contributed by atoms with van der Waals surface area (Å²) >= 11 is 1.57. The quantitative estimate of drug-likeness (QED) is 0.575. The number of sulfonamides is 1. The van der Waals surface area contributed by atoms with E-state index in [1.807, 2.05) is 24.3 Å². The van der Waals surface area contributed by atoms with Gasteiger partial charge in [-0.15, -0.1) is 11.3 Å². The number of nitrogens with zero attached hydrogens (tertiary/aromatic N) is 4. The van der Waals surface area contributed by atoms with Gasteiger partial charge in [0.25, 0.3) is 0 Å². The highest BCUT2D eigenvalue weighted by molar-refractivity contribution is 7.90. The van der Waals surface area contributed by atoms with Crippen LogP contribution in [0.5, 0.6) is 0 Å². The first kappa shape index (κ1) is 21.9. The van der Waals surface area contributed by atoms with Crippen LogP contribution < -0.4 is 5.32 Å². The molecule has 0 aromatic carbocycles. The van der Waals surface area contributed by atoms with Gasteiger partial charge in [0, 0.05) is 39.1 Å². The average Bonchev–Trinajstić information content (AvgIpc) is 2.99. The first-order valence-corrected chi connectivity index (χ1v) is 10.8. The van der Waals surface area contributed by atoms with Crippen LogP contribution in [-0.4, -0.2) is 67.8 Å². The third-order valence-electron chi connectivity index (χ3n) is 4.39. The normalized spacial score (nSPS) is 17.9. The van der Waals surface area contributed by atoms with Gasteiger partial charge in [0.1, 0.15) is 0 Å². The highest BCUT2D eigenvalue weighted by atomic mass is 32.2. The number of halogens is 3. The predicted molar refractivity (Wildman–Crippen MR) is 99.0 cm³/mol. The van der Waals surface area contributed by atoms with Crippen molar-refractivity contribution in [3.8, 4) is 0 Å². The number of aliphatic imine (C=N–C) groups is 1. The molecule has 7 nitrogen and oxygen atoms in total. The lowest BCUT2D eigenvalue weighted by molar-refractivity contribution is -0.0496. The smallest absolute Gasteiger partial charge is 0.356 e. The summed E-state index contributed by atoms with van der Waals surface area (Å²) < 4.78 is 61.3. The lowest BCUT2D eigenvalue weighted by atomic mass is 9.98. The SMILES string of the molecule is CN=C(NCC1CCN(S(=O)(=O)C(F)(F)F)CC1)N(C)Cc1csc(C)n1. The maximum Gasteiger partial charge on any atom is 0.511 e. The second kappa shape index (κ2) is 8.74. The minimum atomic E-state index is -5.24. The number of nitrogens with one attached hydrogen (secondary N) is 1. The van der Waals surface area contributed by atoms with Crippen LogP contribution in [0.3, 0.4) is 0 Å². The van der Waals surface area contributed by atoms with Gasteiger partial charge in [0.05, 0.1) is 17.2 Å². The number of hydrogen-bond acceptors (Lipinski definition) is 5. The van der Waals surface area contributed by atoms with Crippen molar-refractivity contribution >= 4 is 27.3 Å². The Balaban J connectivity index is 1.83. The molecule has 1 N–H and O–H groups in total. The number of hydrogen-bond donors (Lipinski definition) is 1. The van der Waals surface area contributed by atoms with Gasteiger partial charge in [0.15, 0.2) is 5.96 Å². The zero-order valence-corrected chi connectivity index (χ0v) is 17.1. The van der Waals surface area contributed by atoms with Gasteiger partial charge in [-0.25, -0.2) is 13.4 Å². The Kier molecular flexibility index (Phi) is 7.09. The Hall–Kier alpha value is -1.40. The molecule has 0 aliphatic carbocycles. The molecule has 2 heterocycles. The summed E-state index contributed by atoms with van der Waals surface area (Å²) in [4.78, 5) is 10.5. The number of aromatic nitrogens is 1. The van der Waals surface area contributed by atoms with Gasteiger partial charge in [-0.05, 0) is 25.7 Å². The zero-order chi connectivity index (χ0) is 20.2. The van der Waals surface area contributed by atoms with Gasteiger partial charge < -0.3 is 10.2 Å². The van der Waals surface area contributed by atoms with E-state index in [-0.39, 0.29) is 19.0 Å². The fourth-order valence-corrected chi connectivity index (χ4v) is 4.51. The summed E-state index contributed by atoms with van der Waals surface area (Å²) in [5, 5.41) is 6.18. The second-order valence-corrected chi connectivity index (χ2v) is 9.43. The molecular weight excluding hydrogens is 403 g/mol. The van der Waals surface area contributed by atoms with Crippen LogP contribution in [0.2, 0.25) is 0 Å². The summed E-state index contributed by atoms with van der Waals surface area (Å²) in [5.41, 5.74) is -4.30. The van der Waals surface area contributed by atoms with Crippen LogP contribution in [0.1, 0.15) is 23.5 Å². The Bertz CT molecular complexity index is 756. The molecule has 0 radical (unpaired) electrons. The highest BCUT2D eigenvalue weighted by Crippen LogP contribution is 2.30. The summed E-state index contributed by atoms with van der Waals surface area (Å²) in [6.07, 6.45) is 0.739. The molecule has 0 atom stereocenters. The van der Waals surface area contributed by atoms with Crippen molar-refractivity contribution in [2.45, 2.75) is 31.8 Å². The number of thiazole rings is 1. The molecule has 1 aromatic rings. The van der Waals surface area contributed by atoms with Gasteiger partial charge in [-0.2, -0.15) is 17.5 Å². The first-order chi connectivity index (χ1) is 12.5. The van der Waals surface area contributed by atoms with Crippen LogP contribution in [0.25, 0.3) is 0 Å². The van der Waals surface area contributed by atoms with E-state index in [2.05, 4.69) is 15.3 Å². The number of rotatable bonds is 5. The van der Waals surface area contributed by atoms with Crippen molar-refractivity contribution in [1.29, 1.82) is 0 Å². The van der Waals surface area contributed by atoms with Crippen LogP contribution in [0, 0.1) is 12.8 Å². The van der Waals surface area contributed by atoms with E-state index in [9.17, 15) is 21.6 Å². The van der Waals surface area contributed by atoms with E-state index >= 15 is 0 Å². The maximum atomic E-state index is 12.6. The van der Waals surface area contributed by atoms with Crippen molar-refractivity contribution in [1.82, 2.24) is 19.5 Å². The molecule has 0 amide bonds. The van der Waals surface area contributed by atoms with E-state index in [1.54, 1.807) is 18.4 Å². The molecule has 2 rings (SSSR count). The molecule has 0 saturated carbocycles. The van der Waals surface area contributed by atoms with E-state index in [4.69, 9.17) is 0 Å². The fourth-order valence-electron chi connectivity index (χ4n) is 2.92. The Morgan fingerprint density at radius 3 is 2.56 bits per heavy atom. The van der Waals surface area contributed by atoms with E-state index in [0.717, 1.165) is 10.7 Å². The molecule has 0 spiro atoms. The molecule has 1 aliphatic rings. The van der Waals surface area contributed by atoms with Crippen LogP contribution >= 0.6 is 11.3 Å². The second-order valence-electron chi connectivity index (χ2n) is 6.44. The number of piperidine rings is 1. The Morgan fingerprint density at radius 1 is 1.44 bits per heavy atom. The standard InChI is InChI=1S/C15H24F3N5O2S2/c1-11-21-13(10-26-11)9-22(3)14(19-2)20-8-12-4-6-23(7-5-12)27(24,25)15(16,17)18/h10,12H,4-9H2,1-3H3,(H,19,20). The minimum Gasteiger partial charge on any atom is -0.356 e. The molecule has 1 fully saturated rings. The Morgan fingerprint density at radius 2 is 2.07 bits per heavy atom. The molecule has 27 heavy (non-hydrogen) atoms. The Labute approximate surface area is 161 Å². The zero-order valence-electron chi connectivity index (χ0n) is 15.5. The number of alkyl halides is 3. The predicted octanol–water partition coefficient (Wildman–Crippen LogP) is 2.02. The summed E-state index contributed by atoms with van der Waals surface area (Å²) in [7, 11) is -1.70. The molecular formula is C15H24F3N5O2S2. The highest BCUT2D eigenvalue weighted by Gasteiger charge is 2.50. The summed E-state index contributed by atoms with van der Waals surface area (Å²) in [6, 6.07) is 0. The van der Waals surface area contributed by atoms with E-state index < -0.39 is 15.5 Å². The molecule has 0 bridgehead atoms. The van der Waals surface area contributed by atoms with Crippen molar-refractivity contribution in [3.05, 3.63) is 16.1 Å². The van der Waals surface area contributed by atoms with E-state index in [0.29, 0.717) is 36.2 Å².